The van der Waals surface area contributed by atoms with Gasteiger partial charge in [0, 0.05) is 51.4 Å². The van der Waals surface area contributed by atoms with Gasteiger partial charge >= 0.3 is 0 Å². The molecule has 0 bridgehead atoms. The molecule has 3 fully saturated rings. The number of piperidine rings is 3. The van der Waals surface area contributed by atoms with Crippen LogP contribution in [0.5, 0.6) is 17.2 Å². The van der Waals surface area contributed by atoms with Gasteiger partial charge in [-0.3, -0.25) is 14.4 Å². The van der Waals surface area contributed by atoms with E-state index in [0.29, 0.717) is 78.1 Å². The van der Waals surface area contributed by atoms with Crippen molar-refractivity contribution in [3.8, 4) is 50.6 Å². The Morgan fingerprint density at radius 2 is 0.619 bits per heavy atom. The van der Waals surface area contributed by atoms with Crippen molar-refractivity contribution in [1.29, 1.82) is 0 Å². The molecule has 3 saturated heterocycles. The first-order valence-electron chi connectivity index (χ1n) is 43.7. The van der Waals surface area contributed by atoms with Gasteiger partial charge < -0.3 is 58.7 Å². The highest BCUT2D eigenvalue weighted by molar-refractivity contribution is 5.90. The number of benzene rings is 12. The molecule has 6 N–H and O–H groups in total. The number of phenols is 3. The molecule has 0 radical (unpaired) electrons. The van der Waals surface area contributed by atoms with E-state index in [0.717, 1.165) is 134 Å². The van der Waals surface area contributed by atoms with Gasteiger partial charge in [0.1, 0.15) is 70.3 Å². The largest absolute Gasteiger partial charge is 0.508 e. The predicted octanol–water partition coefficient (Wildman–Crippen LogP) is 20.5. The molecule has 3 atom stereocenters. The van der Waals surface area contributed by atoms with E-state index in [2.05, 4.69) is 134 Å². The Morgan fingerprint density at radius 3 is 0.960 bits per heavy atom. The van der Waals surface area contributed by atoms with Crippen molar-refractivity contribution < 1.29 is 31.2 Å². The fourth-order valence-corrected chi connectivity index (χ4v) is 18.3. The Kier molecular flexibility index (Phi) is 21.8. The molecule has 6 aromatic heterocycles. The first-order valence-corrected chi connectivity index (χ1v) is 42.7. The van der Waals surface area contributed by atoms with Gasteiger partial charge in [-0.05, 0) is 329 Å². The van der Waals surface area contributed by atoms with E-state index in [1.54, 1.807) is 42.6 Å². The van der Waals surface area contributed by atoms with Crippen LogP contribution in [0.4, 0.5) is 13.2 Å². The number of phenolic OH excluding ortho intramolecular Hbond substituents is 3. The molecule has 21 heteroatoms. The third-order valence-corrected chi connectivity index (χ3v) is 25.4. The van der Waals surface area contributed by atoms with Crippen molar-refractivity contribution in [3.05, 3.63) is 391 Å². The van der Waals surface area contributed by atoms with Gasteiger partial charge in [0.2, 0.25) is 0 Å². The molecule has 1 unspecified atom stereocenters. The lowest BCUT2D eigenvalue weighted by Crippen LogP contribution is -2.29. The van der Waals surface area contributed by atoms with Crippen LogP contribution >= 0.6 is 0 Å². The molecule has 0 amide bonds. The fourth-order valence-electron chi connectivity index (χ4n) is 18.3. The maximum atomic E-state index is 14.5. The van der Waals surface area contributed by atoms with Crippen LogP contribution < -0.4 is 16.7 Å². The van der Waals surface area contributed by atoms with Crippen molar-refractivity contribution >= 4 is 65.4 Å². The quantitative estimate of drug-likeness (QED) is 0.0564. The third-order valence-electron chi connectivity index (χ3n) is 25.4. The summed E-state index contributed by atoms with van der Waals surface area (Å²) in [5, 5.41) is 35.9. The molecule has 126 heavy (non-hydrogen) atoms. The molecule has 3 aliphatic rings. The van der Waals surface area contributed by atoms with E-state index in [9.17, 15) is 45.6 Å². The van der Waals surface area contributed by atoms with Crippen molar-refractivity contribution in [3.63, 3.8) is 0 Å². The van der Waals surface area contributed by atoms with Gasteiger partial charge in [-0.25, -0.2) is 28.1 Å². The molecule has 9 heterocycles. The average molecular weight is 1680 g/mol. The minimum absolute atomic E-state index is 0.0809. The number of halogens is 3. The summed E-state index contributed by atoms with van der Waals surface area (Å²) in [6.07, 6.45) is 11.7. The summed E-state index contributed by atoms with van der Waals surface area (Å²) in [6, 6.07) is 76.2. The van der Waals surface area contributed by atoms with E-state index in [4.69, 9.17) is 4.98 Å². The maximum absolute atomic E-state index is 14.5. The normalized spacial score (nSPS) is 16.1. The Balaban J connectivity index is 0.000000125. The zero-order chi connectivity index (χ0) is 88.2. The van der Waals surface area contributed by atoms with Gasteiger partial charge in [-0.2, -0.15) is 0 Å². The minimum atomic E-state index is -2.08. The van der Waals surface area contributed by atoms with E-state index in [-0.39, 0.29) is 51.1 Å². The number of para-hydroxylation sites is 6. The van der Waals surface area contributed by atoms with Gasteiger partial charge in [0.25, 0.3) is 16.7 Å². The fraction of sp³-hybridized carbons (Fsp3) is 0.200. The molecule has 12 aromatic carbocycles. The lowest BCUT2D eigenvalue weighted by molar-refractivity contribution is 0.255. The SMILES string of the molecule is CN1CCC(c2ccc(-c3ccc4c(=O)n(C(c5nc6ccccc6[nH]5)c5cc(F)ccc5O)ccc4c3)cc2)CC1.[2H][C@@](c1nc2ccccc2[nH]1)(c1cc(F)ccc1O)n1ccc2cc(-c3ccc(C4CCN(C)CC4)cc3)ccc2c1=O.[2H][C@](c1nc2ccccc2[nH]1)(c1cc(F)ccc1O)n1ccc2cc(-c3ccc(C4CCN(C)CC4)cc3)ccc2c1=O. The molecule has 18 aromatic rings. The average Bonchev–Trinajstić information content (AvgIpc) is 1.35. The van der Waals surface area contributed by atoms with Crippen LogP contribution in [0.15, 0.2) is 306 Å². The zero-order valence-electron chi connectivity index (χ0n) is 71.7. The number of hydrogen-bond donors (Lipinski definition) is 6. The van der Waals surface area contributed by atoms with E-state index in [1.165, 1.54) is 86.0 Å². The van der Waals surface area contributed by atoms with Crippen LogP contribution in [0.2, 0.25) is 0 Å². The molecular weight excluding hydrogens is 1580 g/mol. The topological polar surface area (TPSA) is 222 Å². The summed E-state index contributed by atoms with van der Waals surface area (Å²) in [5.74, 6) is -0.189. The number of aromatic hydroxyl groups is 3. The Hall–Kier alpha value is -14.3. The highest BCUT2D eigenvalue weighted by atomic mass is 19.1. The Morgan fingerprint density at radius 1 is 0.333 bits per heavy atom. The molecule has 630 valence electrons. The van der Waals surface area contributed by atoms with Crippen LogP contribution in [0, 0.1) is 17.5 Å². The number of aromatic amines is 3. The molecule has 0 aliphatic carbocycles. The number of imidazole rings is 3. The Labute approximate surface area is 727 Å². The first kappa shape index (κ1) is 79.0. The molecular formula is C105H93F3N12O6. The number of likely N-dealkylation sites (tertiary alicyclic amines) is 3. The lowest BCUT2D eigenvalue weighted by atomic mass is 9.88. The highest BCUT2D eigenvalue weighted by Crippen LogP contribution is 2.40. The molecule has 0 spiro atoms. The van der Waals surface area contributed by atoms with Crippen molar-refractivity contribution in [2.45, 2.75) is 74.4 Å². The van der Waals surface area contributed by atoms with Crippen LogP contribution in [-0.2, 0) is 0 Å². The van der Waals surface area contributed by atoms with Crippen molar-refractivity contribution in [2.24, 2.45) is 0 Å². The minimum Gasteiger partial charge on any atom is -0.508 e. The van der Waals surface area contributed by atoms with Gasteiger partial charge in [0.15, 0.2) is 0 Å². The summed E-state index contributed by atoms with van der Waals surface area (Å²) >= 11 is 0. The lowest BCUT2D eigenvalue weighted by Gasteiger charge is -2.29. The van der Waals surface area contributed by atoms with Gasteiger partial charge in [-0.15, -0.1) is 0 Å². The summed E-state index contributed by atoms with van der Waals surface area (Å²) in [4.78, 5) is 72.6. The second-order valence-electron chi connectivity index (χ2n) is 33.5. The monoisotopic (exact) mass is 1680 g/mol. The van der Waals surface area contributed by atoms with Crippen molar-refractivity contribution in [2.75, 3.05) is 60.4 Å². The van der Waals surface area contributed by atoms with E-state index in [1.807, 2.05) is 109 Å². The zero-order valence-corrected chi connectivity index (χ0v) is 69.7. The van der Waals surface area contributed by atoms with Crippen LogP contribution in [0.25, 0.3) is 98.8 Å². The number of rotatable bonds is 15. The molecule has 3 aliphatic heterocycles. The number of pyridine rings is 3. The van der Waals surface area contributed by atoms with Gasteiger partial charge in [-0.1, -0.05) is 127 Å². The molecule has 21 rings (SSSR count). The summed E-state index contributed by atoms with van der Waals surface area (Å²) in [7, 11) is 6.52. The summed E-state index contributed by atoms with van der Waals surface area (Å²) in [6.45, 7) is 6.72. The summed E-state index contributed by atoms with van der Waals surface area (Å²) < 4.78 is 66.6. The van der Waals surface area contributed by atoms with Crippen LogP contribution in [0.3, 0.4) is 0 Å². The van der Waals surface area contributed by atoms with E-state index < -0.39 is 46.6 Å². The predicted molar refractivity (Wildman–Crippen MR) is 494 cm³/mol. The standard InChI is InChI=1S/3C35H31FN4O2/c3*1-39-17-14-24(15-18-39)22-6-8-23(9-7-22)25-10-12-28-26(20-25)16-19-40(35(28)42)33(29-21-27(36)11-13-32(29)41)34-37-30-4-2-3-5-31(30)38-34/h3*2-13,16,19-21,24,33,41H,14-15,17-18H2,1H3,(H,37,38)/t2*33-;/m10./s1/i2*33D;. The molecule has 0 saturated carbocycles. The third kappa shape index (κ3) is 16.6. The number of fused-ring (bicyclic) bond motifs is 6. The van der Waals surface area contributed by atoms with Crippen LogP contribution in [-0.4, -0.2) is 134 Å². The molecule has 18 nitrogen and oxygen atoms in total. The number of aromatic nitrogens is 9. The smallest absolute Gasteiger partial charge is 0.259 e. The number of nitrogens with one attached hydrogen (secondary N) is 3. The first-order chi connectivity index (χ1) is 62.1. The Bertz CT molecular complexity index is 7030. The maximum Gasteiger partial charge on any atom is 0.259 e. The number of nitrogens with zero attached hydrogens (tertiary/aromatic N) is 9. The second kappa shape index (κ2) is 34.8. The van der Waals surface area contributed by atoms with Gasteiger partial charge in [0.05, 0.1) is 35.8 Å². The van der Waals surface area contributed by atoms with E-state index >= 15 is 0 Å². The second-order valence-corrected chi connectivity index (χ2v) is 33.5. The highest BCUT2D eigenvalue weighted by Gasteiger charge is 2.31. The number of H-pyrrole nitrogens is 3. The number of hydrogen-bond acceptors (Lipinski definition) is 12. The summed E-state index contributed by atoms with van der Waals surface area (Å²) in [5.41, 5.74) is 13.2. The van der Waals surface area contributed by atoms with Crippen molar-refractivity contribution in [1.82, 2.24) is 58.3 Å². The van der Waals surface area contributed by atoms with Crippen LogP contribution in [0.1, 0.15) is 128 Å².